The van der Waals surface area contributed by atoms with Crippen molar-refractivity contribution in [1.82, 2.24) is 20.0 Å². The van der Waals surface area contributed by atoms with Crippen LogP contribution in [0.4, 0.5) is 0 Å². The van der Waals surface area contributed by atoms with Gasteiger partial charge in [0.05, 0.1) is 0 Å². The summed E-state index contributed by atoms with van der Waals surface area (Å²) in [4.78, 5) is 4.24. The summed E-state index contributed by atoms with van der Waals surface area (Å²) in [7, 11) is 0. The molecule has 3 rings (SSSR count). The van der Waals surface area contributed by atoms with E-state index in [2.05, 4.69) is 15.3 Å². The van der Waals surface area contributed by atoms with E-state index in [4.69, 9.17) is 0 Å². The molecule has 14 heavy (non-hydrogen) atoms. The molecular formula is C9H6N4S. The lowest BCUT2D eigenvalue weighted by atomic mass is 10.4. The summed E-state index contributed by atoms with van der Waals surface area (Å²) in [5.74, 6) is 0. The first kappa shape index (κ1) is 7.64. The Morgan fingerprint density at radius 2 is 2.21 bits per heavy atom. The van der Waals surface area contributed by atoms with Crippen molar-refractivity contribution in [3.05, 3.63) is 35.8 Å². The van der Waals surface area contributed by atoms with Gasteiger partial charge in [0.2, 0.25) is 0 Å². The zero-order valence-corrected chi connectivity index (χ0v) is 7.98. The van der Waals surface area contributed by atoms with Crippen molar-refractivity contribution in [2.24, 2.45) is 0 Å². The second-order valence-electron chi connectivity index (χ2n) is 2.80. The van der Waals surface area contributed by atoms with Crippen molar-refractivity contribution >= 4 is 22.5 Å². The van der Waals surface area contributed by atoms with E-state index in [1.54, 1.807) is 22.2 Å². The molecule has 0 amide bonds. The number of hydrogen-bond acceptors (Lipinski definition) is 4. The van der Waals surface area contributed by atoms with Gasteiger partial charge in [-0.1, -0.05) is 5.21 Å². The van der Waals surface area contributed by atoms with Gasteiger partial charge in [-0.2, -0.15) is 4.68 Å². The van der Waals surface area contributed by atoms with E-state index in [0.29, 0.717) is 0 Å². The van der Waals surface area contributed by atoms with Crippen LogP contribution in [0.2, 0.25) is 0 Å². The Bertz CT molecular complexity index is 555. The van der Waals surface area contributed by atoms with Crippen molar-refractivity contribution in [1.29, 1.82) is 0 Å². The molecule has 0 fully saturated rings. The van der Waals surface area contributed by atoms with Crippen LogP contribution in [-0.2, 0) is 0 Å². The standard InChI is InChI=1S/C9H6N4S/c1-3-7-9(10-5-1)13(12-11-7)8-4-2-6-14-8/h1-6H. The van der Waals surface area contributed by atoms with Gasteiger partial charge in [0, 0.05) is 6.20 Å². The SMILES string of the molecule is c1csc(-n2nnc3cccnc32)c1. The molecule has 0 unspecified atom stereocenters. The van der Waals surface area contributed by atoms with Crippen LogP contribution in [0, 0.1) is 0 Å². The lowest BCUT2D eigenvalue weighted by Crippen LogP contribution is -1.94. The maximum absolute atomic E-state index is 4.24. The summed E-state index contributed by atoms with van der Waals surface area (Å²) >= 11 is 1.62. The molecule has 0 N–H and O–H groups in total. The van der Waals surface area contributed by atoms with Crippen LogP contribution in [0.25, 0.3) is 16.2 Å². The van der Waals surface area contributed by atoms with Gasteiger partial charge >= 0.3 is 0 Å². The van der Waals surface area contributed by atoms with Crippen LogP contribution in [0.1, 0.15) is 0 Å². The predicted molar refractivity (Wildman–Crippen MR) is 54.5 cm³/mol. The third kappa shape index (κ3) is 1.03. The molecular weight excluding hydrogens is 196 g/mol. The average Bonchev–Trinajstić information content (AvgIpc) is 2.85. The van der Waals surface area contributed by atoms with Crippen LogP contribution in [-0.4, -0.2) is 20.0 Å². The quantitative estimate of drug-likeness (QED) is 0.605. The monoisotopic (exact) mass is 202 g/mol. The second-order valence-corrected chi connectivity index (χ2v) is 3.72. The molecule has 0 aliphatic carbocycles. The van der Waals surface area contributed by atoms with Crippen molar-refractivity contribution < 1.29 is 0 Å². The van der Waals surface area contributed by atoms with Gasteiger partial charge in [-0.3, -0.25) is 0 Å². The lowest BCUT2D eigenvalue weighted by Gasteiger charge is -1.94. The molecule has 0 aromatic carbocycles. The zero-order valence-electron chi connectivity index (χ0n) is 7.16. The Morgan fingerprint density at radius 3 is 3.07 bits per heavy atom. The van der Waals surface area contributed by atoms with Crippen LogP contribution in [0.15, 0.2) is 35.8 Å². The third-order valence-corrected chi connectivity index (χ3v) is 2.77. The van der Waals surface area contributed by atoms with Gasteiger partial charge in [0.15, 0.2) is 5.65 Å². The largest absolute Gasteiger partial charge is 0.235 e. The molecule has 0 radical (unpaired) electrons. The van der Waals surface area contributed by atoms with Crippen molar-refractivity contribution in [3.63, 3.8) is 0 Å². The fourth-order valence-corrected chi connectivity index (χ4v) is 1.98. The minimum atomic E-state index is 0.801. The normalized spacial score (nSPS) is 10.9. The first-order valence-electron chi connectivity index (χ1n) is 4.15. The Hall–Kier alpha value is -1.75. The molecule has 0 saturated carbocycles. The van der Waals surface area contributed by atoms with Gasteiger partial charge in [-0.25, -0.2) is 4.98 Å². The zero-order chi connectivity index (χ0) is 9.38. The number of rotatable bonds is 1. The highest BCUT2D eigenvalue weighted by Gasteiger charge is 2.06. The maximum atomic E-state index is 4.24. The van der Waals surface area contributed by atoms with E-state index in [1.807, 2.05) is 29.6 Å². The first-order valence-corrected chi connectivity index (χ1v) is 5.03. The maximum Gasteiger partial charge on any atom is 0.184 e. The highest BCUT2D eigenvalue weighted by atomic mass is 32.1. The molecule has 0 saturated heterocycles. The van der Waals surface area contributed by atoms with Gasteiger partial charge < -0.3 is 0 Å². The van der Waals surface area contributed by atoms with E-state index in [1.165, 1.54) is 0 Å². The molecule has 3 heterocycles. The lowest BCUT2D eigenvalue weighted by molar-refractivity contribution is 0.829. The number of nitrogens with zero attached hydrogens (tertiary/aromatic N) is 4. The van der Waals surface area contributed by atoms with E-state index in [9.17, 15) is 0 Å². The number of fused-ring (bicyclic) bond motifs is 1. The smallest absolute Gasteiger partial charge is 0.184 e. The number of thiophene rings is 1. The molecule has 3 aromatic heterocycles. The fourth-order valence-electron chi connectivity index (χ4n) is 1.30. The van der Waals surface area contributed by atoms with E-state index in [0.717, 1.165) is 16.2 Å². The Balaban J connectivity index is 2.33. The summed E-state index contributed by atoms with van der Waals surface area (Å²) in [6, 6.07) is 7.74. The molecule has 0 aliphatic rings. The van der Waals surface area contributed by atoms with Gasteiger partial charge in [0.25, 0.3) is 0 Å². The van der Waals surface area contributed by atoms with E-state index >= 15 is 0 Å². The Morgan fingerprint density at radius 1 is 1.21 bits per heavy atom. The number of aromatic nitrogens is 4. The van der Waals surface area contributed by atoms with E-state index in [-0.39, 0.29) is 0 Å². The number of pyridine rings is 1. The highest BCUT2D eigenvalue weighted by Crippen LogP contribution is 2.17. The Kier molecular flexibility index (Phi) is 1.57. The van der Waals surface area contributed by atoms with Crippen molar-refractivity contribution in [2.45, 2.75) is 0 Å². The van der Waals surface area contributed by atoms with Gasteiger partial charge in [0.1, 0.15) is 10.5 Å². The molecule has 68 valence electrons. The third-order valence-electron chi connectivity index (χ3n) is 1.92. The fraction of sp³-hybridized carbons (Fsp3) is 0. The van der Waals surface area contributed by atoms with Crippen LogP contribution < -0.4 is 0 Å². The summed E-state index contributed by atoms with van der Waals surface area (Å²) in [6.45, 7) is 0. The van der Waals surface area contributed by atoms with Gasteiger partial charge in [-0.15, -0.1) is 16.4 Å². The molecule has 4 nitrogen and oxygen atoms in total. The minimum Gasteiger partial charge on any atom is -0.235 e. The molecule has 3 aromatic rings. The molecule has 0 spiro atoms. The van der Waals surface area contributed by atoms with Crippen molar-refractivity contribution in [3.8, 4) is 5.00 Å². The Labute approximate surface area is 83.8 Å². The molecule has 0 atom stereocenters. The molecule has 5 heteroatoms. The summed E-state index contributed by atoms with van der Waals surface area (Å²) in [5.41, 5.74) is 1.62. The predicted octanol–water partition coefficient (Wildman–Crippen LogP) is 1.88. The first-order chi connectivity index (χ1) is 6.95. The molecule has 0 aliphatic heterocycles. The molecule has 0 bridgehead atoms. The highest BCUT2D eigenvalue weighted by molar-refractivity contribution is 7.12. The topological polar surface area (TPSA) is 43.6 Å². The average molecular weight is 202 g/mol. The van der Waals surface area contributed by atoms with Crippen LogP contribution in [0.5, 0.6) is 0 Å². The summed E-state index contributed by atoms with van der Waals surface area (Å²) in [5, 5.41) is 11.1. The second kappa shape index (κ2) is 2.88. The minimum absolute atomic E-state index is 0.801. The van der Waals surface area contributed by atoms with Gasteiger partial charge in [-0.05, 0) is 29.6 Å². The number of hydrogen-bond donors (Lipinski definition) is 0. The summed E-state index contributed by atoms with van der Waals surface area (Å²) in [6.07, 6.45) is 1.75. The van der Waals surface area contributed by atoms with E-state index < -0.39 is 0 Å². The van der Waals surface area contributed by atoms with Crippen LogP contribution >= 0.6 is 11.3 Å². The summed E-state index contributed by atoms with van der Waals surface area (Å²) < 4.78 is 1.75. The van der Waals surface area contributed by atoms with Crippen LogP contribution in [0.3, 0.4) is 0 Å². The van der Waals surface area contributed by atoms with Crippen molar-refractivity contribution in [2.75, 3.05) is 0 Å².